The molecule has 0 aliphatic carbocycles. The van der Waals surface area contributed by atoms with Crippen LogP contribution in [0.1, 0.15) is 25.5 Å². The first-order valence-corrected chi connectivity index (χ1v) is 10.2. The van der Waals surface area contributed by atoms with Crippen molar-refractivity contribution >= 4 is 23.2 Å². The highest BCUT2D eigenvalue weighted by atomic mass is 16.5. The molecule has 2 aromatic rings. The fraction of sp³-hybridized carbons (Fsp3) is 0.524. The van der Waals surface area contributed by atoms with Gasteiger partial charge in [-0.1, -0.05) is 12.1 Å². The zero-order valence-corrected chi connectivity index (χ0v) is 16.7. The van der Waals surface area contributed by atoms with Crippen LogP contribution in [-0.4, -0.2) is 55.4 Å². The molecule has 7 heteroatoms. The number of hydrogen-bond donors (Lipinski definition) is 1. The monoisotopic (exact) mass is 383 g/mol. The molecule has 0 spiro atoms. The summed E-state index contributed by atoms with van der Waals surface area (Å²) >= 11 is 0. The topological polar surface area (TPSA) is 64.8 Å². The van der Waals surface area contributed by atoms with E-state index >= 15 is 0 Å². The van der Waals surface area contributed by atoms with Crippen molar-refractivity contribution < 1.29 is 9.32 Å². The molecule has 1 aromatic carbocycles. The minimum absolute atomic E-state index is 0.0458. The Bertz CT molecular complexity index is 787. The number of rotatable bonds is 3. The van der Waals surface area contributed by atoms with E-state index in [0.29, 0.717) is 13.1 Å². The van der Waals surface area contributed by atoms with E-state index < -0.39 is 0 Å². The number of carbonyl (C=O) groups excluding carboxylic acids is 1. The maximum Gasteiger partial charge on any atom is 0.321 e. The molecule has 0 atom stereocenters. The zero-order valence-electron chi connectivity index (χ0n) is 16.7. The van der Waals surface area contributed by atoms with Crippen LogP contribution in [0.15, 0.2) is 34.9 Å². The van der Waals surface area contributed by atoms with Crippen LogP contribution >= 0.6 is 0 Å². The van der Waals surface area contributed by atoms with Crippen LogP contribution in [0.25, 0.3) is 0 Å². The fourth-order valence-corrected chi connectivity index (χ4v) is 3.87. The van der Waals surface area contributed by atoms with Gasteiger partial charge in [-0.2, -0.15) is 0 Å². The first-order valence-electron chi connectivity index (χ1n) is 10.2. The standard InChI is InChI=1S/C21H29N5O2/c1-16-7-9-24(10-8-16)19-5-3-18(4-6-19)22-21(27)26-13-11-25(12-14-26)20-15-17(2)28-23-20/h3-6,15-16H,7-14H2,1-2H3,(H,22,27). The molecule has 7 nitrogen and oxygen atoms in total. The third-order valence-corrected chi connectivity index (χ3v) is 5.77. The van der Waals surface area contributed by atoms with Gasteiger partial charge in [0.25, 0.3) is 0 Å². The van der Waals surface area contributed by atoms with Crippen LogP contribution in [0.2, 0.25) is 0 Å². The van der Waals surface area contributed by atoms with Crippen LogP contribution in [-0.2, 0) is 0 Å². The molecule has 0 unspecified atom stereocenters. The Morgan fingerprint density at radius 3 is 2.32 bits per heavy atom. The first kappa shape index (κ1) is 18.7. The van der Waals surface area contributed by atoms with Gasteiger partial charge in [0.05, 0.1) is 0 Å². The van der Waals surface area contributed by atoms with E-state index in [2.05, 4.69) is 39.3 Å². The third-order valence-electron chi connectivity index (χ3n) is 5.77. The smallest absolute Gasteiger partial charge is 0.321 e. The van der Waals surface area contributed by atoms with Gasteiger partial charge in [0.15, 0.2) is 5.82 Å². The number of piperidine rings is 1. The summed E-state index contributed by atoms with van der Waals surface area (Å²) in [6.45, 7) is 9.28. The number of anilines is 3. The molecule has 4 rings (SSSR count). The first-order chi connectivity index (χ1) is 13.6. The number of aryl methyl sites for hydroxylation is 1. The summed E-state index contributed by atoms with van der Waals surface area (Å²) in [5.74, 6) is 2.47. The highest BCUT2D eigenvalue weighted by Crippen LogP contribution is 2.24. The second-order valence-corrected chi connectivity index (χ2v) is 7.92. The van der Waals surface area contributed by atoms with E-state index in [1.54, 1.807) is 0 Å². The van der Waals surface area contributed by atoms with Crippen molar-refractivity contribution in [2.75, 3.05) is 54.4 Å². The van der Waals surface area contributed by atoms with Crippen molar-refractivity contribution in [3.8, 4) is 0 Å². The van der Waals surface area contributed by atoms with Gasteiger partial charge in [-0.15, -0.1) is 0 Å². The fourth-order valence-electron chi connectivity index (χ4n) is 3.87. The predicted molar refractivity (Wildman–Crippen MR) is 111 cm³/mol. The molecule has 150 valence electrons. The molecule has 2 fully saturated rings. The second-order valence-electron chi connectivity index (χ2n) is 7.92. The number of benzene rings is 1. The van der Waals surface area contributed by atoms with Crippen LogP contribution in [0.5, 0.6) is 0 Å². The number of amides is 2. The Hall–Kier alpha value is -2.70. The van der Waals surface area contributed by atoms with E-state index in [4.69, 9.17) is 4.52 Å². The van der Waals surface area contributed by atoms with Gasteiger partial charge in [-0.25, -0.2) is 4.79 Å². The molecule has 0 saturated carbocycles. The number of nitrogens with one attached hydrogen (secondary N) is 1. The maximum absolute atomic E-state index is 12.6. The minimum Gasteiger partial charge on any atom is -0.372 e. The Labute approximate surface area is 166 Å². The van der Waals surface area contributed by atoms with Crippen LogP contribution in [0.4, 0.5) is 22.0 Å². The molecule has 0 radical (unpaired) electrons. The van der Waals surface area contributed by atoms with Crippen molar-refractivity contribution in [3.63, 3.8) is 0 Å². The SMILES string of the molecule is Cc1cc(N2CCN(C(=O)Nc3ccc(N4CCC(C)CC4)cc3)CC2)no1. The minimum atomic E-state index is -0.0458. The van der Waals surface area contributed by atoms with E-state index in [0.717, 1.165) is 49.4 Å². The lowest BCUT2D eigenvalue weighted by Gasteiger charge is -2.34. The van der Waals surface area contributed by atoms with Gasteiger partial charge < -0.3 is 24.5 Å². The Balaban J connectivity index is 1.28. The number of nitrogens with zero attached hydrogens (tertiary/aromatic N) is 4. The van der Waals surface area contributed by atoms with Crippen molar-refractivity contribution in [3.05, 3.63) is 36.1 Å². The number of carbonyl (C=O) groups is 1. The Morgan fingerprint density at radius 1 is 1.04 bits per heavy atom. The van der Waals surface area contributed by atoms with Crippen molar-refractivity contribution in [1.29, 1.82) is 0 Å². The van der Waals surface area contributed by atoms with Crippen molar-refractivity contribution in [2.24, 2.45) is 5.92 Å². The summed E-state index contributed by atoms with van der Waals surface area (Å²) in [6, 6.07) is 10.1. The highest BCUT2D eigenvalue weighted by molar-refractivity contribution is 5.89. The van der Waals surface area contributed by atoms with Crippen LogP contribution < -0.4 is 15.1 Å². The Morgan fingerprint density at radius 2 is 1.71 bits per heavy atom. The molecule has 2 aliphatic heterocycles. The average molecular weight is 383 g/mol. The Kier molecular flexibility index (Phi) is 5.41. The number of piperazine rings is 1. The summed E-state index contributed by atoms with van der Waals surface area (Å²) in [7, 11) is 0. The third kappa shape index (κ3) is 4.24. The van der Waals surface area contributed by atoms with Gasteiger partial charge in [0.2, 0.25) is 0 Å². The van der Waals surface area contributed by atoms with E-state index in [1.807, 2.05) is 30.0 Å². The lowest BCUT2D eigenvalue weighted by atomic mass is 9.99. The average Bonchev–Trinajstić information content (AvgIpc) is 3.16. The molecule has 28 heavy (non-hydrogen) atoms. The largest absolute Gasteiger partial charge is 0.372 e. The van der Waals surface area contributed by atoms with E-state index in [9.17, 15) is 4.79 Å². The molecule has 1 N–H and O–H groups in total. The molecule has 0 bridgehead atoms. The number of aromatic nitrogens is 1. The maximum atomic E-state index is 12.6. The van der Waals surface area contributed by atoms with Gasteiger partial charge in [0.1, 0.15) is 5.76 Å². The van der Waals surface area contributed by atoms with E-state index in [1.165, 1.54) is 18.5 Å². The lowest BCUT2D eigenvalue weighted by molar-refractivity contribution is 0.208. The molecule has 1 aromatic heterocycles. The molecule has 3 heterocycles. The number of urea groups is 1. The second kappa shape index (κ2) is 8.12. The zero-order chi connectivity index (χ0) is 19.5. The van der Waals surface area contributed by atoms with Crippen LogP contribution in [0, 0.1) is 12.8 Å². The van der Waals surface area contributed by atoms with E-state index in [-0.39, 0.29) is 6.03 Å². The van der Waals surface area contributed by atoms with Gasteiger partial charge >= 0.3 is 6.03 Å². The lowest BCUT2D eigenvalue weighted by Crippen LogP contribution is -2.50. The molecule has 2 saturated heterocycles. The van der Waals surface area contributed by atoms with Crippen molar-refractivity contribution in [2.45, 2.75) is 26.7 Å². The van der Waals surface area contributed by atoms with Crippen LogP contribution in [0.3, 0.4) is 0 Å². The molecule has 2 aliphatic rings. The summed E-state index contributed by atoms with van der Waals surface area (Å²) in [5, 5.41) is 7.08. The highest BCUT2D eigenvalue weighted by Gasteiger charge is 2.23. The van der Waals surface area contributed by atoms with Gasteiger partial charge in [0, 0.05) is 56.7 Å². The van der Waals surface area contributed by atoms with Crippen molar-refractivity contribution in [1.82, 2.24) is 10.1 Å². The summed E-state index contributed by atoms with van der Waals surface area (Å²) < 4.78 is 5.14. The predicted octanol–water partition coefficient (Wildman–Crippen LogP) is 3.57. The number of hydrogen-bond acceptors (Lipinski definition) is 5. The molecule has 2 amide bonds. The van der Waals surface area contributed by atoms with Gasteiger partial charge in [-0.3, -0.25) is 0 Å². The van der Waals surface area contributed by atoms with Gasteiger partial charge in [-0.05, 0) is 49.9 Å². The summed E-state index contributed by atoms with van der Waals surface area (Å²) in [6.07, 6.45) is 2.50. The summed E-state index contributed by atoms with van der Waals surface area (Å²) in [5.41, 5.74) is 2.08. The molecular weight excluding hydrogens is 354 g/mol. The quantitative estimate of drug-likeness (QED) is 0.878. The molecular formula is C21H29N5O2. The normalized spacial score (nSPS) is 18.4. The summed E-state index contributed by atoms with van der Waals surface area (Å²) in [4.78, 5) is 19.0.